The number of carbonyl (C=O) groups is 1. The third kappa shape index (κ3) is 4.91. The van der Waals surface area contributed by atoms with Gasteiger partial charge in [-0.2, -0.15) is 0 Å². The molecule has 0 aliphatic carbocycles. The molecule has 1 aromatic carbocycles. The van der Waals surface area contributed by atoms with E-state index < -0.39 is 6.09 Å². The van der Waals surface area contributed by atoms with Crippen molar-refractivity contribution in [3.05, 3.63) is 36.9 Å². The highest BCUT2D eigenvalue weighted by atomic mass is 16.5. The standard InChI is InChI=1S/C14H20N2O2/c1-4-5-7-11(2)15-12-8-6-9-13(10-12)16-14(17)18-3/h4,6,8-11,15H,1,5,7H2,2-3H3,(H,16,17). The summed E-state index contributed by atoms with van der Waals surface area (Å²) in [4.78, 5) is 11.1. The first-order valence-electron chi connectivity index (χ1n) is 5.98. The minimum Gasteiger partial charge on any atom is -0.453 e. The zero-order valence-corrected chi connectivity index (χ0v) is 10.9. The Hall–Kier alpha value is -1.97. The molecule has 98 valence electrons. The van der Waals surface area contributed by atoms with Gasteiger partial charge in [-0.15, -0.1) is 6.58 Å². The summed E-state index contributed by atoms with van der Waals surface area (Å²) in [6.07, 6.45) is 3.45. The maximum absolute atomic E-state index is 11.1. The zero-order chi connectivity index (χ0) is 13.4. The van der Waals surface area contributed by atoms with Crippen molar-refractivity contribution in [2.24, 2.45) is 0 Å². The number of ether oxygens (including phenoxy) is 1. The fourth-order valence-electron chi connectivity index (χ4n) is 1.58. The van der Waals surface area contributed by atoms with Gasteiger partial charge in [0.1, 0.15) is 0 Å². The Bertz CT molecular complexity index is 405. The van der Waals surface area contributed by atoms with E-state index in [4.69, 9.17) is 0 Å². The Labute approximate surface area is 108 Å². The van der Waals surface area contributed by atoms with E-state index in [1.54, 1.807) is 0 Å². The van der Waals surface area contributed by atoms with E-state index in [0.717, 1.165) is 18.5 Å². The fraction of sp³-hybridized carbons (Fsp3) is 0.357. The smallest absolute Gasteiger partial charge is 0.411 e. The van der Waals surface area contributed by atoms with E-state index in [0.29, 0.717) is 11.7 Å². The van der Waals surface area contributed by atoms with E-state index in [9.17, 15) is 4.79 Å². The lowest BCUT2D eigenvalue weighted by Gasteiger charge is -2.15. The Morgan fingerprint density at radius 3 is 2.89 bits per heavy atom. The van der Waals surface area contributed by atoms with Gasteiger partial charge in [0.15, 0.2) is 0 Å². The van der Waals surface area contributed by atoms with Crippen LogP contribution < -0.4 is 10.6 Å². The Kier molecular flexibility index (Phi) is 5.77. The van der Waals surface area contributed by atoms with E-state index in [-0.39, 0.29) is 0 Å². The minimum absolute atomic E-state index is 0.358. The number of anilines is 2. The molecule has 0 aliphatic rings. The molecular weight excluding hydrogens is 228 g/mol. The van der Waals surface area contributed by atoms with Crippen LogP contribution >= 0.6 is 0 Å². The minimum atomic E-state index is -0.466. The SMILES string of the molecule is C=CCCC(C)Nc1cccc(NC(=O)OC)c1. The molecular formula is C14H20N2O2. The van der Waals surface area contributed by atoms with Crippen LogP contribution in [0.3, 0.4) is 0 Å². The van der Waals surface area contributed by atoms with E-state index in [1.165, 1.54) is 7.11 Å². The van der Waals surface area contributed by atoms with Crippen molar-refractivity contribution in [1.82, 2.24) is 0 Å². The predicted molar refractivity (Wildman–Crippen MR) is 75.0 cm³/mol. The molecule has 18 heavy (non-hydrogen) atoms. The molecule has 1 atom stereocenters. The third-order valence-electron chi connectivity index (χ3n) is 2.51. The average Bonchev–Trinajstić information content (AvgIpc) is 2.36. The van der Waals surface area contributed by atoms with Crippen LogP contribution in [0.25, 0.3) is 0 Å². The zero-order valence-electron chi connectivity index (χ0n) is 10.9. The van der Waals surface area contributed by atoms with Crippen molar-refractivity contribution in [3.63, 3.8) is 0 Å². The highest BCUT2D eigenvalue weighted by molar-refractivity contribution is 5.85. The molecule has 4 heteroatoms. The molecule has 0 saturated heterocycles. The normalized spacial score (nSPS) is 11.4. The lowest BCUT2D eigenvalue weighted by atomic mass is 10.1. The number of methoxy groups -OCH3 is 1. The Morgan fingerprint density at radius 2 is 2.22 bits per heavy atom. The van der Waals surface area contributed by atoms with E-state index in [2.05, 4.69) is 28.9 Å². The lowest BCUT2D eigenvalue weighted by molar-refractivity contribution is 0.187. The molecule has 0 bridgehead atoms. The van der Waals surface area contributed by atoms with Gasteiger partial charge in [-0.05, 0) is 38.0 Å². The molecule has 1 amide bonds. The summed E-state index contributed by atoms with van der Waals surface area (Å²) >= 11 is 0. The summed E-state index contributed by atoms with van der Waals surface area (Å²) in [5.41, 5.74) is 1.68. The number of hydrogen-bond acceptors (Lipinski definition) is 3. The summed E-state index contributed by atoms with van der Waals surface area (Å²) in [6, 6.07) is 7.90. The Morgan fingerprint density at radius 1 is 1.50 bits per heavy atom. The maximum Gasteiger partial charge on any atom is 0.411 e. The van der Waals surface area contributed by atoms with Crippen molar-refractivity contribution < 1.29 is 9.53 Å². The average molecular weight is 248 g/mol. The van der Waals surface area contributed by atoms with Gasteiger partial charge in [-0.3, -0.25) is 5.32 Å². The van der Waals surface area contributed by atoms with Gasteiger partial charge in [0.25, 0.3) is 0 Å². The van der Waals surface area contributed by atoms with Gasteiger partial charge >= 0.3 is 6.09 Å². The molecule has 0 fully saturated rings. The molecule has 4 nitrogen and oxygen atoms in total. The van der Waals surface area contributed by atoms with Crippen molar-refractivity contribution in [3.8, 4) is 0 Å². The predicted octanol–water partition coefficient (Wildman–Crippen LogP) is 3.63. The fourth-order valence-corrected chi connectivity index (χ4v) is 1.58. The number of hydrogen-bond donors (Lipinski definition) is 2. The maximum atomic E-state index is 11.1. The van der Waals surface area contributed by atoms with Crippen LogP contribution in [-0.2, 0) is 4.74 Å². The Balaban J connectivity index is 2.58. The number of benzene rings is 1. The molecule has 1 unspecified atom stereocenters. The molecule has 0 radical (unpaired) electrons. The largest absolute Gasteiger partial charge is 0.453 e. The highest BCUT2D eigenvalue weighted by Crippen LogP contribution is 2.17. The first-order chi connectivity index (χ1) is 8.65. The summed E-state index contributed by atoms with van der Waals surface area (Å²) in [7, 11) is 1.34. The molecule has 0 aliphatic heterocycles. The number of carbonyl (C=O) groups excluding carboxylic acids is 1. The van der Waals surface area contributed by atoms with Crippen LogP contribution in [0.2, 0.25) is 0 Å². The topological polar surface area (TPSA) is 50.4 Å². The van der Waals surface area contributed by atoms with Gasteiger partial charge in [0.05, 0.1) is 7.11 Å². The monoisotopic (exact) mass is 248 g/mol. The van der Waals surface area contributed by atoms with Crippen molar-refractivity contribution in [2.75, 3.05) is 17.7 Å². The van der Waals surface area contributed by atoms with Crippen LogP contribution in [0.5, 0.6) is 0 Å². The van der Waals surface area contributed by atoms with E-state index in [1.807, 2.05) is 30.3 Å². The summed E-state index contributed by atoms with van der Waals surface area (Å²) in [5, 5.41) is 6.00. The first-order valence-corrected chi connectivity index (χ1v) is 5.98. The van der Waals surface area contributed by atoms with Crippen molar-refractivity contribution in [2.45, 2.75) is 25.8 Å². The van der Waals surface area contributed by atoms with E-state index >= 15 is 0 Å². The lowest BCUT2D eigenvalue weighted by Crippen LogP contribution is -2.15. The number of rotatable bonds is 6. The van der Waals surface area contributed by atoms with Gasteiger partial charge in [-0.25, -0.2) is 4.79 Å². The van der Waals surface area contributed by atoms with Gasteiger partial charge in [0.2, 0.25) is 0 Å². The number of allylic oxidation sites excluding steroid dienone is 1. The van der Waals surface area contributed by atoms with Crippen LogP contribution in [0.4, 0.5) is 16.2 Å². The van der Waals surface area contributed by atoms with Crippen LogP contribution in [0.15, 0.2) is 36.9 Å². The molecule has 0 heterocycles. The number of nitrogens with one attached hydrogen (secondary N) is 2. The summed E-state index contributed by atoms with van der Waals surface area (Å²) in [5.74, 6) is 0. The molecule has 2 N–H and O–H groups in total. The molecule has 0 aromatic heterocycles. The van der Waals surface area contributed by atoms with Crippen LogP contribution in [-0.4, -0.2) is 19.2 Å². The number of amides is 1. The van der Waals surface area contributed by atoms with Gasteiger partial charge in [-0.1, -0.05) is 12.1 Å². The summed E-state index contributed by atoms with van der Waals surface area (Å²) in [6.45, 7) is 5.82. The van der Waals surface area contributed by atoms with Gasteiger partial charge < -0.3 is 10.1 Å². The van der Waals surface area contributed by atoms with Crippen molar-refractivity contribution >= 4 is 17.5 Å². The van der Waals surface area contributed by atoms with Crippen LogP contribution in [0, 0.1) is 0 Å². The molecule has 0 spiro atoms. The molecule has 0 saturated carbocycles. The second-order valence-electron chi connectivity index (χ2n) is 4.11. The quantitative estimate of drug-likeness (QED) is 0.756. The second-order valence-corrected chi connectivity index (χ2v) is 4.11. The first kappa shape index (κ1) is 14.1. The molecule has 1 aromatic rings. The second kappa shape index (κ2) is 7.37. The van der Waals surface area contributed by atoms with Crippen LogP contribution in [0.1, 0.15) is 19.8 Å². The van der Waals surface area contributed by atoms with Crippen molar-refractivity contribution in [1.29, 1.82) is 0 Å². The molecule has 1 rings (SSSR count). The van der Waals surface area contributed by atoms with Gasteiger partial charge in [0, 0.05) is 17.4 Å². The highest BCUT2D eigenvalue weighted by Gasteiger charge is 2.03. The summed E-state index contributed by atoms with van der Waals surface area (Å²) < 4.78 is 4.55. The third-order valence-corrected chi connectivity index (χ3v) is 2.51.